The summed E-state index contributed by atoms with van der Waals surface area (Å²) in [6.07, 6.45) is -4.46. The molecule has 3 rings (SSSR count). The normalized spacial score (nSPS) is 11.6. The molecule has 0 spiro atoms. The molecule has 9 heteroatoms. The summed E-state index contributed by atoms with van der Waals surface area (Å²) in [5.74, 6) is -0.415. The lowest BCUT2D eigenvalue weighted by Gasteiger charge is -2.07. The van der Waals surface area contributed by atoms with Gasteiger partial charge in [-0.2, -0.15) is 13.2 Å². The van der Waals surface area contributed by atoms with Crippen LogP contribution in [-0.4, -0.2) is 21.4 Å². The van der Waals surface area contributed by atoms with Gasteiger partial charge in [0.05, 0.1) is 5.56 Å². The van der Waals surface area contributed by atoms with E-state index < -0.39 is 17.6 Å². The van der Waals surface area contributed by atoms with E-state index >= 15 is 0 Å². The van der Waals surface area contributed by atoms with Gasteiger partial charge in [0, 0.05) is 21.3 Å². The molecule has 146 valence electrons. The predicted molar refractivity (Wildman–Crippen MR) is 100 cm³/mol. The first kappa shape index (κ1) is 19.9. The summed E-state index contributed by atoms with van der Waals surface area (Å²) in [5.41, 5.74) is -0.0838. The Balaban J connectivity index is 1.71. The second-order valence-electron chi connectivity index (χ2n) is 6.14. The summed E-state index contributed by atoms with van der Waals surface area (Å²) in [6, 6.07) is 11.3. The van der Waals surface area contributed by atoms with E-state index in [1.165, 1.54) is 0 Å². The van der Waals surface area contributed by atoms with E-state index in [1.807, 2.05) is 18.2 Å². The molecule has 1 heterocycles. The van der Waals surface area contributed by atoms with E-state index in [1.54, 1.807) is 17.8 Å². The van der Waals surface area contributed by atoms with Gasteiger partial charge < -0.3 is 4.42 Å². The highest BCUT2D eigenvalue weighted by molar-refractivity contribution is 7.99. The van der Waals surface area contributed by atoms with Crippen molar-refractivity contribution in [3.05, 3.63) is 59.7 Å². The minimum absolute atomic E-state index is 0.0445. The molecule has 2 aromatic carbocycles. The maximum absolute atomic E-state index is 12.6. The molecular formula is C19H16F3N3O2S. The maximum Gasteiger partial charge on any atom is 0.416 e. The van der Waals surface area contributed by atoms with E-state index in [0.29, 0.717) is 10.8 Å². The highest BCUT2D eigenvalue weighted by Gasteiger charge is 2.30. The number of carbonyl (C=O) groups excluding carboxylic acids is 1. The summed E-state index contributed by atoms with van der Waals surface area (Å²) >= 11 is 1.69. The van der Waals surface area contributed by atoms with Crippen molar-refractivity contribution in [2.45, 2.75) is 30.2 Å². The third-order valence-corrected chi connectivity index (χ3v) is 4.57. The van der Waals surface area contributed by atoms with Crippen molar-refractivity contribution >= 4 is 23.7 Å². The van der Waals surface area contributed by atoms with Gasteiger partial charge in [0.1, 0.15) is 0 Å². The minimum Gasteiger partial charge on any atom is -0.403 e. The van der Waals surface area contributed by atoms with Crippen LogP contribution in [0.2, 0.25) is 0 Å². The maximum atomic E-state index is 12.6. The molecule has 0 saturated heterocycles. The van der Waals surface area contributed by atoms with Crippen LogP contribution in [0.5, 0.6) is 0 Å². The number of halogens is 3. The van der Waals surface area contributed by atoms with Crippen LogP contribution >= 0.6 is 11.8 Å². The molecule has 0 saturated carbocycles. The fraction of sp³-hybridized carbons (Fsp3) is 0.211. The summed E-state index contributed by atoms with van der Waals surface area (Å²) in [7, 11) is 0. The molecule has 0 bridgehead atoms. The summed E-state index contributed by atoms with van der Waals surface area (Å²) in [5, 5.41) is 10.5. The number of benzene rings is 2. The predicted octanol–water partition coefficient (Wildman–Crippen LogP) is 5.51. The molecule has 0 fully saturated rings. The van der Waals surface area contributed by atoms with Crippen molar-refractivity contribution in [2.24, 2.45) is 0 Å². The Morgan fingerprint density at radius 2 is 1.82 bits per heavy atom. The number of rotatable bonds is 5. The second-order valence-corrected chi connectivity index (χ2v) is 7.79. The van der Waals surface area contributed by atoms with Crippen LogP contribution in [0, 0.1) is 0 Å². The minimum atomic E-state index is -4.46. The number of nitrogens with one attached hydrogen (secondary N) is 1. The first-order valence-corrected chi connectivity index (χ1v) is 9.19. The van der Waals surface area contributed by atoms with E-state index in [-0.39, 0.29) is 17.5 Å². The van der Waals surface area contributed by atoms with Gasteiger partial charge in [-0.25, -0.2) is 0 Å². The monoisotopic (exact) mass is 407 g/mol. The molecule has 1 amide bonds. The third kappa shape index (κ3) is 4.92. The Hall–Kier alpha value is -2.81. The number of hydrogen-bond acceptors (Lipinski definition) is 5. The van der Waals surface area contributed by atoms with E-state index in [2.05, 4.69) is 29.4 Å². The lowest BCUT2D eigenvalue weighted by molar-refractivity contribution is -0.137. The molecule has 0 aliphatic rings. The summed E-state index contributed by atoms with van der Waals surface area (Å²) in [4.78, 5) is 13.2. The molecular weight excluding hydrogens is 391 g/mol. The zero-order valence-corrected chi connectivity index (χ0v) is 15.8. The Bertz CT molecular complexity index is 969. The Morgan fingerprint density at radius 3 is 2.46 bits per heavy atom. The van der Waals surface area contributed by atoms with Gasteiger partial charge in [-0.1, -0.05) is 25.0 Å². The third-order valence-electron chi connectivity index (χ3n) is 3.57. The molecule has 0 radical (unpaired) electrons. The molecule has 5 nitrogen and oxygen atoms in total. The summed E-state index contributed by atoms with van der Waals surface area (Å²) < 4.78 is 43.2. The van der Waals surface area contributed by atoms with Crippen LogP contribution in [0.1, 0.15) is 29.8 Å². The van der Waals surface area contributed by atoms with Gasteiger partial charge in [-0.05, 0) is 42.5 Å². The lowest BCUT2D eigenvalue weighted by atomic mass is 10.1. The number of carbonyl (C=O) groups is 1. The lowest BCUT2D eigenvalue weighted by Crippen LogP contribution is -2.13. The fourth-order valence-corrected chi connectivity index (χ4v) is 3.24. The van der Waals surface area contributed by atoms with Crippen LogP contribution in [0.25, 0.3) is 11.5 Å². The average Bonchev–Trinajstić information content (AvgIpc) is 3.09. The van der Waals surface area contributed by atoms with Crippen LogP contribution in [0.15, 0.2) is 57.8 Å². The van der Waals surface area contributed by atoms with E-state index in [4.69, 9.17) is 4.42 Å². The molecule has 0 aliphatic heterocycles. The molecule has 28 heavy (non-hydrogen) atoms. The first-order valence-electron chi connectivity index (χ1n) is 8.31. The SMILES string of the molecule is CC(C)Sc1cccc(-c2nnc(NC(=O)c3ccc(C(F)(F)F)cc3)o2)c1. The van der Waals surface area contributed by atoms with Gasteiger partial charge in [0.25, 0.3) is 5.91 Å². The van der Waals surface area contributed by atoms with Gasteiger partial charge in [0.15, 0.2) is 0 Å². The average molecular weight is 407 g/mol. The molecule has 1 aromatic heterocycles. The number of anilines is 1. The van der Waals surface area contributed by atoms with Gasteiger partial charge >= 0.3 is 12.2 Å². The Morgan fingerprint density at radius 1 is 1.11 bits per heavy atom. The van der Waals surface area contributed by atoms with Crippen LogP contribution < -0.4 is 5.32 Å². The molecule has 1 N–H and O–H groups in total. The van der Waals surface area contributed by atoms with Crippen LogP contribution in [0.3, 0.4) is 0 Å². The Labute approximate surface area is 163 Å². The zero-order valence-electron chi connectivity index (χ0n) is 14.9. The number of nitrogens with zero attached hydrogens (tertiary/aromatic N) is 2. The first-order chi connectivity index (χ1) is 13.2. The number of thioether (sulfide) groups is 1. The van der Waals surface area contributed by atoms with Crippen molar-refractivity contribution in [3.8, 4) is 11.5 Å². The summed E-state index contributed by atoms with van der Waals surface area (Å²) in [6.45, 7) is 4.16. The van der Waals surface area contributed by atoms with E-state index in [0.717, 1.165) is 29.2 Å². The molecule has 0 unspecified atom stereocenters. The number of hydrogen-bond donors (Lipinski definition) is 1. The largest absolute Gasteiger partial charge is 0.416 e. The second kappa shape index (κ2) is 8.05. The topological polar surface area (TPSA) is 68.0 Å². The van der Waals surface area contributed by atoms with Crippen molar-refractivity contribution in [2.75, 3.05) is 5.32 Å². The quantitative estimate of drug-likeness (QED) is 0.565. The zero-order chi connectivity index (χ0) is 20.3. The van der Waals surface area contributed by atoms with Gasteiger partial charge in [-0.15, -0.1) is 16.9 Å². The van der Waals surface area contributed by atoms with Crippen molar-refractivity contribution in [1.29, 1.82) is 0 Å². The molecule has 0 aliphatic carbocycles. The Kier molecular flexibility index (Phi) is 5.73. The van der Waals surface area contributed by atoms with E-state index in [9.17, 15) is 18.0 Å². The van der Waals surface area contributed by atoms with Gasteiger partial charge in [-0.3, -0.25) is 10.1 Å². The highest BCUT2D eigenvalue weighted by Crippen LogP contribution is 2.30. The molecule has 3 aromatic rings. The number of amides is 1. The smallest absolute Gasteiger partial charge is 0.403 e. The fourth-order valence-electron chi connectivity index (χ4n) is 2.34. The van der Waals surface area contributed by atoms with Crippen molar-refractivity contribution in [1.82, 2.24) is 10.2 Å². The highest BCUT2D eigenvalue weighted by atomic mass is 32.2. The van der Waals surface area contributed by atoms with Crippen molar-refractivity contribution in [3.63, 3.8) is 0 Å². The van der Waals surface area contributed by atoms with Crippen molar-refractivity contribution < 1.29 is 22.4 Å². The molecule has 0 atom stereocenters. The van der Waals surface area contributed by atoms with Gasteiger partial charge in [0.2, 0.25) is 5.89 Å². The van der Waals surface area contributed by atoms with Crippen LogP contribution in [-0.2, 0) is 6.18 Å². The number of alkyl halides is 3. The standard InChI is InChI=1S/C19H16F3N3O2S/c1-11(2)28-15-5-3-4-13(10-15)17-24-25-18(27-17)23-16(26)12-6-8-14(9-7-12)19(20,21)22/h3-11H,1-2H3,(H,23,25,26). The number of aromatic nitrogens is 2. The van der Waals surface area contributed by atoms with Crippen LogP contribution in [0.4, 0.5) is 19.2 Å².